The summed E-state index contributed by atoms with van der Waals surface area (Å²) in [5, 5.41) is 9.18. The van der Waals surface area contributed by atoms with E-state index in [1.54, 1.807) is 6.92 Å². The van der Waals surface area contributed by atoms with Crippen LogP contribution < -0.4 is 4.90 Å². The number of halogens is 3. The standard InChI is InChI=1S/C12H16F3NO3S/c1-9(17)7-8-16(2)10-5-3-4-6-11(10)20(18,19)12(13,14)15/h3-6,9,17H,7-8H2,1-2H3. The molecule has 1 aromatic carbocycles. The molecule has 0 aromatic heterocycles. The molecular formula is C12H16F3NO3S. The van der Waals surface area contributed by atoms with Crippen molar-refractivity contribution < 1.29 is 26.7 Å². The van der Waals surface area contributed by atoms with Crippen LogP contribution in [0.25, 0.3) is 0 Å². The summed E-state index contributed by atoms with van der Waals surface area (Å²) in [4.78, 5) is 0.603. The third-order valence-corrected chi connectivity index (χ3v) is 4.29. The molecule has 0 aliphatic rings. The predicted molar refractivity (Wildman–Crippen MR) is 69.3 cm³/mol. The van der Waals surface area contributed by atoms with Crippen molar-refractivity contribution in [2.75, 3.05) is 18.5 Å². The van der Waals surface area contributed by atoms with Crippen LogP contribution in [0, 0.1) is 0 Å². The smallest absolute Gasteiger partial charge is 0.393 e. The molecule has 8 heteroatoms. The summed E-state index contributed by atoms with van der Waals surface area (Å²) in [7, 11) is -3.92. The van der Waals surface area contributed by atoms with Crippen LogP contribution in [-0.4, -0.2) is 38.7 Å². The van der Waals surface area contributed by atoms with Gasteiger partial charge in [0, 0.05) is 13.6 Å². The molecule has 0 radical (unpaired) electrons. The molecule has 0 bridgehead atoms. The summed E-state index contributed by atoms with van der Waals surface area (Å²) < 4.78 is 60.9. The van der Waals surface area contributed by atoms with Gasteiger partial charge in [-0.15, -0.1) is 0 Å². The van der Waals surface area contributed by atoms with E-state index in [0.29, 0.717) is 6.42 Å². The number of hydrogen-bond acceptors (Lipinski definition) is 4. The molecule has 0 heterocycles. The number of para-hydroxylation sites is 1. The van der Waals surface area contributed by atoms with Gasteiger partial charge in [-0.25, -0.2) is 8.42 Å². The minimum atomic E-state index is -5.39. The van der Waals surface area contributed by atoms with E-state index < -0.39 is 26.3 Å². The molecule has 0 amide bonds. The van der Waals surface area contributed by atoms with E-state index in [0.717, 1.165) is 6.07 Å². The first-order valence-electron chi connectivity index (χ1n) is 5.87. The van der Waals surface area contributed by atoms with Gasteiger partial charge in [-0.05, 0) is 25.5 Å². The summed E-state index contributed by atoms with van der Waals surface area (Å²) in [6.45, 7) is 1.79. The minimum absolute atomic E-state index is 0.0366. The van der Waals surface area contributed by atoms with Crippen molar-refractivity contribution in [1.29, 1.82) is 0 Å². The predicted octanol–water partition coefficient (Wildman–Crippen LogP) is 2.19. The number of benzene rings is 1. The van der Waals surface area contributed by atoms with Crippen LogP contribution in [0.5, 0.6) is 0 Å². The second-order valence-corrected chi connectivity index (χ2v) is 6.39. The van der Waals surface area contributed by atoms with Gasteiger partial charge in [-0.2, -0.15) is 13.2 Å². The fraction of sp³-hybridized carbons (Fsp3) is 0.500. The highest BCUT2D eigenvalue weighted by Gasteiger charge is 2.48. The molecule has 1 unspecified atom stereocenters. The first-order valence-corrected chi connectivity index (χ1v) is 7.35. The van der Waals surface area contributed by atoms with Crippen molar-refractivity contribution >= 4 is 15.5 Å². The highest BCUT2D eigenvalue weighted by Crippen LogP contribution is 2.35. The number of alkyl halides is 3. The first kappa shape index (κ1) is 16.8. The average Bonchev–Trinajstić information content (AvgIpc) is 2.34. The van der Waals surface area contributed by atoms with Crippen molar-refractivity contribution in [2.45, 2.75) is 29.9 Å². The number of sulfone groups is 1. The monoisotopic (exact) mass is 311 g/mol. The van der Waals surface area contributed by atoms with Crippen LogP contribution in [0.2, 0.25) is 0 Å². The molecule has 4 nitrogen and oxygen atoms in total. The lowest BCUT2D eigenvalue weighted by atomic mass is 10.2. The molecular weight excluding hydrogens is 295 g/mol. The van der Waals surface area contributed by atoms with Gasteiger partial charge in [0.15, 0.2) is 0 Å². The number of nitrogens with zero attached hydrogens (tertiary/aromatic N) is 1. The molecule has 0 spiro atoms. The number of aliphatic hydroxyl groups is 1. The summed E-state index contributed by atoms with van der Waals surface area (Å²) in [6, 6.07) is 4.94. The molecule has 1 N–H and O–H groups in total. The summed E-state index contributed by atoms with van der Waals surface area (Å²) in [5.41, 5.74) is -5.38. The normalized spacial score (nSPS) is 14.1. The van der Waals surface area contributed by atoms with Crippen molar-refractivity contribution in [1.82, 2.24) is 0 Å². The maximum Gasteiger partial charge on any atom is 0.501 e. The van der Waals surface area contributed by atoms with Crippen LogP contribution >= 0.6 is 0 Å². The summed E-state index contributed by atoms with van der Waals surface area (Å²) in [6.07, 6.45) is -0.305. The van der Waals surface area contributed by atoms with Crippen LogP contribution in [-0.2, 0) is 9.84 Å². The van der Waals surface area contributed by atoms with Gasteiger partial charge in [0.2, 0.25) is 0 Å². The van der Waals surface area contributed by atoms with E-state index in [1.807, 2.05) is 0 Å². The number of hydrogen-bond donors (Lipinski definition) is 1. The van der Waals surface area contributed by atoms with Gasteiger partial charge < -0.3 is 10.0 Å². The number of aliphatic hydroxyl groups excluding tert-OH is 1. The lowest BCUT2D eigenvalue weighted by Gasteiger charge is -2.23. The number of rotatable bonds is 5. The zero-order chi connectivity index (χ0) is 15.6. The zero-order valence-electron chi connectivity index (χ0n) is 11.1. The largest absolute Gasteiger partial charge is 0.501 e. The van der Waals surface area contributed by atoms with Gasteiger partial charge in [-0.3, -0.25) is 0 Å². The van der Waals surface area contributed by atoms with Crippen LogP contribution in [0.4, 0.5) is 18.9 Å². The topological polar surface area (TPSA) is 57.6 Å². The van der Waals surface area contributed by atoms with Crippen molar-refractivity contribution in [3.63, 3.8) is 0 Å². The van der Waals surface area contributed by atoms with E-state index in [-0.39, 0.29) is 12.2 Å². The Morgan fingerprint density at radius 3 is 2.35 bits per heavy atom. The second kappa shape index (κ2) is 6.01. The van der Waals surface area contributed by atoms with Crippen LogP contribution in [0.3, 0.4) is 0 Å². The quantitative estimate of drug-likeness (QED) is 0.905. The first-order chi connectivity index (χ1) is 9.07. The Labute approximate surface area is 115 Å². The molecule has 0 saturated heterocycles. The zero-order valence-corrected chi connectivity index (χ0v) is 11.9. The van der Waals surface area contributed by atoms with Gasteiger partial charge in [0.1, 0.15) is 0 Å². The van der Waals surface area contributed by atoms with Gasteiger partial charge in [-0.1, -0.05) is 12.1 Å². The van der Waals surface area contributed by atoms with E-state index in [1.165, 1.54) is 30.1 Å². The van der Waals surface area contributed by atoms with E-state index in [4.69, 9.17) is 0 Å². The molecule has 1 atom stereocenters. The molecule has 20 heavy (non-hydrogen) atoms. The summed E-state index contributed by atoms with van der Waals surface area (Å²) in [5.74, 6) is 0. The molecule has 1 rings (SSSR count). The van der Waals surface area contributed by atoms with Gasteiger partial charge in [0.05, 0.1) is 16.7 Å². The Hall–Kier alpha value is -1.28. The van der Waals surface area contributed by atoms with Gasteiger partial charge in [0.25, 0.3) is 9.84 Å². The lowest BCUT2D eigenvalue weighted by molar-refractivity contribution is -0.0435. The molecule has 0 saturated carbocycles. The average molecular weight is 311 g/mol. The molecule has 1 aromatic rings. The SMILES string of the molecule is CC(O)CCN(C)c1ccccc1S(=O)(=O)C(F)(F)F. The van der Waals surface area contributed by atoms with E-state index in [2.05, 4.69) is 0 Å². The molecule has 0 fully saturated rings. The Morgan fingerprint density at radius 2 is 1.85 bits per heavy atom. The summed E-state index contributed by atoms with van der Waals surface area (Å²) >= 11 is 0. The molecule has 0 aliphatic carbocycles. The fourth-order valence-corrected chi connectivity index (χ4v) is 2.63. The molecule has 114 valence electrons. The highest BCUT2D eigenvalue weighted by molar-refractivity contribution is 7.92. The maximum atomic E-state index is 12.6. The van der Waals surface area contributed by atoms with Crippen LogP contribution in [0.1, 0.15) is 13.3 Å². The highest BCUT2D eigenvalue weighted by atomic mass is 32.2. The van der Waals surface area contributed by atoms with Crippen LogP contribution in [0.15, 0.2) is 29.2 Å². The van der Waals surface area contributed by atoms with Gasteiger partial charge >= 0.3 is 5.51 Å². The third kappa shape index (κ3) is 3.63. The van der Waals surface area contributed by atoms with E-state index >= 15 is 0 Å². The third-order valence-electron chi connectivity index (χ3n) is 2.75. The second-order valence-electron chi connectivity index (χ2n) is 4.48. The minimum Gasteiger partial charge on any atom is -0.393 e. The van der Waals surface area contributed by atoms with Crippen molar-refractivity contribution in [3.05, 3.63) is 24.3 Å². The maximum absolute atomic E-state index is 12.6. The Bertz CT molecular complexity index is 555. The fourth-order valence-electron chi connectivity index (χ4n) is 1.63. The Balaban J connectivity index is 3.18. The Morgan fingerprint density at radius 1 is 1.30 bits per heavy atom. The lowest BCUT2D eigenvalue weighted by Crippen LogP contribution is -2.28. The molecule has 0 aliphatic heterocycles. The van der Waals surface area contributed by atoms with Crippen molar-refractivity contribution in [3.8, 4) is 0 Å². The van der Waals surface area contributed by atoms with Crippen molar-refractivity contribution in [2.24, 2.45) is 0 Å². The number of anilines is 1. The Kier molecular flexibility index (Phi) is 5.04. The van der Waals surface area contributed by atoms with E-state index in [9.17, 15) is 26.7 Å².